The van der Waals surface area contributed by atoms with Crippen LogP contribution in [-0.4, -0.2) is 0 Å². The Bertz CT molecular complexity index is 5490. The molecule has 0 amide bonds. The summed E-state index contributed by atoms with van der Waals surface area (Å²) in [7, 11) is 0. The smallest absolute Gasteiger partial charge is 0.143 e. The van der Waals surface area contributed by atoms with Crippen LogP contribution in [0.5, 0.6) is 0 Å². The molecule has 0 aliphatic heterocycles. The van der Waals surface area contributed by atoms with Gasteiger partial charge in [-0.2, -0.15) is 0 Å². The Labute approximate surface area is 563 Å². The molecule has 0 spiro atoms. The minimum absolute atomic E-state index is 0.0286. The highest BCUT2D eigenvalue weighted by Gasteiger charge is 2.37. The highest BCUT2D eigenvalue weighted by molar-refractivity contribution is 9.10. The summed E-state index contributed by atoms with van der Waals surface area (Å²) in [6, 6.07) is 116. The second-order valence-electron chi connectivity index (χ2n) is 25.8. The lowest BCUT2D eigenvalue weighted by Crippen LogP contribution is -2.16. The average Bonchev–Trinajstić information content (AvgIpc) is 1.60. The number of benzene rings is 14. The molecule has 2 aliphatic carbocycles. The van der Waals surface area contributed by atoms with E-state index in [2.05, 4.69) is 345 Å². The summed E-state index contributed by atoms with van der Waals surface area (Å²) in [4.78, 5) is 2.37. The molecule has 0 radical (unpaired) electrons. The third-order valence-corrected chi connectivity index (χ3v) is 19.9. The molecule has 14 aromatic carbocycles. The molecule has 2 heterocycles. The number of halogens is 1. The first-order valence-electron chi connectivity index (χ1n) is 32.6. The van der Waals surface area contributed by atoms with Crippen LogP contribution in [0.4, 0.5) is 28.4 Å². The summed E-state index contributed by atoms with van der Waals surface area (Å²) in [5.74, 6) is 0. The molecule has 95 heavy (non-hydrogen) atoms. The maximum atomic E-state index is 6.38. The summed E-state index contributed by atoms with van der Waals surface area (Å²) >= 11 is 3.47. The van der Waals surface area contributed by atoms with E-state index in [4.69, 9.17) is 8.83 Å². The molecule has 0 unspecified atom stereocenters. The first-order valence-corrected chi connectivity index (χ1v) is 33.3. The number of nitrogens with zero attached hydrogens (tertiary/aromatic N) is 1. The predicted molar refractivity (Wildman–Crippen MR) is 403 cm³/mol. The number of nitrogens with one attached hydrogen (secondary N) is 1. The molecule has 456 valence electrons. The van der Waals surface area contributed by atoms with Crippen LogP contribution in [0.2, 0.25) is 0 Å². The van der Waals surface area contributed by atoms with Gasteiger partial charge in [0.2, 0.25) is 0 Å². The van der Waals surface area contributed by atoms with Gasteiger partial charge in [-0.15, -0.1) is 0 Å². The van der Waals surface area contributed by atoms with Crippen molar-refractivity contribution in [2.45, 2.75) is 38.5 Å². The molecule has 18 rings (SSSR count). The van der Waals surface area contributed by atoms with Crippen LogP contribution in [-0.2, 0) is 10.8 Å². The number of anilines is 5. The summed E-state index contributed by atoms with van der Waals surface area (Å²) < 4.78 is 13.5. The van der Waals surface area contributed by atoms with E-state index in [0.717, 1.165) is 88.3 Å². The first-order chi connectivity index (χ1) is 46.5. The van der Waals surface area contributed by atoms with Crippen molar-refractivity contribution in [2.75, 3.05) is 10.2 Å². The fraction of sp³-hybridized carbons (Fsp3) is 0.0667. The van der Waals surface area contributed by atoms with Crippen molar-refractivity contribution >= 4 is 88.2 Å². The van der Waals surface area contributed by atoms with E-state index < -0.39 is 0 Å². The number of rotatable bonds is 9. The average molecular weight is 1290 g/mol. The molecule has 0 saturated heterocycles. The standard InChI is InChI=1S/C45H33NO.C27H23N.C18H11BrO/c1-45(2)41-17-8-6-13-37(41)38-28-27-35(29-42(38)45)46(33-23-19-31(20-24-33)30-11-4-3-5-12-30)34-25-21-32(22-26-34)36-15-10-16-40-39-14-7-9-18-43(39)47-44(36)40;1-27(2)25-11-7-6-10-23(25)24-17-16-22(18-26(24)27)28-21-14-12-20(13-15-21)19-8-4-3-5-9-19;19-13-10-8-12(9-11-13)14-5-3-6-16-15-4-1-2-7-17(15)20-18(14)16/h3-29H,1-2H3;3-18,28H,1-2H3;1-11H. The Morgan fingerprint density at radius 1 is 0.274 bits per heavy atom. The third-order valence-electron chi connectivity index (χ3n) is 19.3. The van der Waals surface area contributed by atoms with Gasteiger partial charge < -0.3 is 19.1 Å². The highest BCUT2D eigenvalue weighted by Crippen LogP contribution is 2.52. The van der Waals surface area contributed by atoms with Gasteiger partial charge in [-0.1, -0.05) is 286 Å². The zero-order valence-corrected chi connectivity index (χ0v) is 54.9. The first kappa shape index (κ1) is 58.8. The number of para-hydroxylation sites is 4. The van der Waals surface area contributed by atoms with Crippen molar-refractivity contribution in [3.8, 4) is 66.8 Å². The Kier molecular flexibility index (Phi) is 15.1. The molecule has 0 fully saturated rings. The van der Waals surface area contributed by atoms with Gasteiger partial charge in [0.1, 0.15) is 22.3 Å². The topological polar surface area (TPSA) is 41.6 Å². The lowest BCUT2D eigenvalue weighted by molar-refractivity contribution is 0.660. The summed E-state index contributed by atoms with van der Waals surface area (Å²) in [5.41, 5.74) is 29.6. The molecule has 1 N–H and O–H groups in total. The van der Waals surface area contributed by atoms with Gasteiger partial charge >= 0.3 is 0 Å². The van der Waals surface area contributed by atoms with E-state index in [-0.39, 0.29) is 10.8 Å². The fourth-order valence-electron chi connectivity index (χ4n) is 14.4. The number of fused-ring (bicyclic) bond motifs is 12. The number of hydrogen-bond acceptors (Lipinski definition) is 4. The van der Waals surface area contributed by atoms with E-state index in [0.29, 0.717) is 0 Å². The summed E-state index contributed by atoms with van der Waals surface area (Å²) in [6.07, 6.45) is 0. The van der Waals surface area contributed by atoms with E-state index in [1.165, 1.54) is 77.5 Å². The second-order valence-corrected chi connectivity index (χ2v) is 26.7. The monoisotopic (exact) mass is 1290 g/mol. The van der Waals surface area contributed by atoms with Gasteiger partial charge in [-0.3, -0.25) is 0 Å². The Morgan fingerprint density at radius 3 is 1.15 bits per heavy atom. The molecule has 16 aromatic rings. The van der Waals surface area contributed by atoms with E-state index >= 15 is 0 Å². The number of furan rings is 2. The van der Waals surface area contributed by atoms with Crippen LogP contribution in [0, 0.1) is 0 Å². The molecule has 0 bridgehead atoms. The van der Waals surface area contributed by atoms with Gasteiger partial charge in [-0.05, 0) is 163 Å². The van der Waals surface area contributed by atoms with Crippen LogP contribution in [0.15, 0.2) is 341 Å². The van der Waals surface area contributed by atoms with Crippen LogP contribution < -0.4 is 10.2 Å². The summed E-state index contributed by atoms with van der Waals surface area (Å²) in [5, 5.41) is 8.20. The molecule has 4 nitrogen and oxygen atoms in total. The minimum Gasteiger partial charge on any atom is -0.455 e. The Morgan fingerprint density at radius 2 is 0.632 bits per heavy atom. The maximum absolute atomic E-state index is 6.38. The van der Waals surface area contributed by atoms with Crippen LogP contribution in [0.3, 0.4) is 0 Å². The third kappa shape index (κ3) is 10.9. The van der Waals surface area contributed by atoms with E-state index in [9.17, 15) is 0 Å². The van der Waals surface area contributed by atoms with E-state index in [1.807, 2.05) is 36.4 Å². The van der Waals surface area contributed by atoms with Gasteiger partial charge in [0.05, 0.1) is 0 Å². The van der Waals surface area contributed by atoms with Gasteiger partial charge in [0.25, 0.3) is 0 Å². The largest absolute Gasteiger partial charge is 0.455 e. The van der Waals surface area contributed by atoms with E-state index in [1.54, 1.807) is 0 Å². The SMILES string of the molecule is Brc1ccc(-c2cccc3c2oc2ccccc23)cc1.CC1(C)c2ccccc2-c2ccc(N(c3ccc(-c4ccccc4)cc3)c3ccc(-c4cccc5c4oc4ccccc45)cc3)cc21.CC1(C)c2ccccc2-c2ccc(Nc3ccc(-c4ccccc4)cc3)cc21. The van der Waals surface area contributed by atoms with Crippen LogP contribution in [0.25, 0.3) is 111 Å². The molecular formula is C90H67BrN2O2. The summed E-state index contributed by atoms with van der Waals surface area (Å²) in [6.45, 7) is 9.31. The van der Waals surface area contributed by atoms with Gasteiger partial charge in [0.15, 0.2) is 0 Å². The van der Waals surface area contributed by atoms with Crippen LogP contribution >= 0.6 is 15.9 Å². The van der Waals surface area contributed by atoms with Gasteiger partial charge in [0, 0.05) is 76.4 Å². The number of hydrogen-bond donors (Lipinski definition) is 1. The molecule has 2 aliphatic rings. The second kappa shape index (κ2) is 24.3. The molecule has 0 atom stereocenters. The maximum Gasteiger partial charge on any atom is 0.143 e. The zero-order chi connectivity index (χ0) is 64.2. The fourth-order valence-corrected chi connectivity index (χ4v) is 14.7. The van der Waals surface area contributed by atoms with Crippen molar-refractivity contribution in [3.05, 3.63) is 354 Å². The van der Waals surface area contributed by atoms with Crippen molar-refractivity contribution in [1.29, 1.82) is 0 Å². The lowest BCUT2D eigenvalue weighted by Gasteiger charge is -2.28. The van der Waals surface area contributed by atoms with Crippen LogP contribution in [0.1, 0.15) is 49.9 Å². The molecule has 5 heteroatoms. The predicted octanol–water partition coefficient (Wildman–Crippen LogP) is 26.1. The van der Waals surface area contributed by atoms with Crippen molar-refractivity contribution < 1.29 is 8.83 Å². The van der Waals surface area contributed by atoms with Crippen molar-refractivity contribution in [1.82, 2.24) is 0 Å². The lowest BCUT2D eigenvalue weighted by atomic mass is 9.82. The molecule has 0 saturated carbocycles. The molecule has 2 aromatic heterocycles. The Balaban J connectivity index is 0.000000125. The normalized spacial score (nSPS) is 12.9. The highest BCUT2D eigenvalue weighted by atomic mass is 79.9. The van der Waals surface area contributed by atoms with Gasteiger partial charge in [-0.25, -0.2) is 0 Å². The zero-order valence-electron chi connectivity index (χ0n) is 53.3. The Hall–Kier alpha value is -11.2. The van der Waals surface area contributed by atoms with Crippen molar-refractivity contribution in [3.63, 3.8) is 0 Å². The molecular weight excluding hydrogens is 1220 g/mol. The van der Waals surface area contributed by atoms with Crippen molar-refractivity contribution in [2.24, 2.45) is 0 Å². The minimum atomic E-state index is -0.0834. The quantitative estimate of drug-likeness (QED) is 0.156.